The van der Waals surface area contributed by atoms with Gasteiger partial charge in [0.25, 0.3) is 0 Å². The summed E-state index contributed by atoms with van der Waals surface area (Å²) in [6.07, 6.45) is 4.51. The highest BCUT2D eigenvalue weighted by Crippen LogP contribution is 2.31. The van der Waals surface area contributed by atoms with Crippen molar-refractivity contribution in [3.8, 4) is 11.3 Å². The Labute approximate surface area is 168 Å². The fraction of sp³-hybridized carbons (Fsp3) is 0.500. The van der Waals surface area contributed by atoms with E-state index in [1.54, 1.807) is 24.3 Å². The fourth-order valence-electron chi connectivity index (χ4n) is 3.91. The van der Waals surface area contributed by atoms with Gasteiger partial charge < -0.3 is 24.6 Å². The predicted molar refractivity (Wildman–Crippen MR) is 106 cm³/mol. The number of piperidine rings is 1. The van der Waals surface area contributed by atoms with E-state index in [9.17, 15) is 9.90 Å². The van der Waals surface area contributed by atoms with Crippen LogP contribution in [0.15, 0.2) is 28.8 Å². The molecular weight excluding hydrogens is 382 g/mol. The first kappa shape index (κ1) is 19.2. The zero-order chi connectivity index (χ0) is 19.5. The third-order valence-corrected chi connectivity index (χ3v) is 5.68. The lowest BCUT2D eigenvalue weighted by molar-refractivity contribution is 0.0652. The van der Waals surface area contributed by atoms with Crippen LogP contribution in [-0.4, -0.2) is 59.5 Å². The van der Waals surface area contributed by atoms with Gasteiger partial charge in [-0.15, -0.1) is 0 Å². The molecule has 0 amide bonds. The average Bonchev–Trinajstić information content (AvgIpc) is 3.34. The molecule has 7 nitrogen and oxygen atoms in total. The van der Waals surface area contributed by atoms with Crippen LogP contribution in [0.25, 0.3) is 11.3 Å². The van der Waals surface area contributed by atoms with Crippen molar-refractivity contribution in [2.24, 2.45) is 0 Å². The molecule has 2 aromatic rings. The van der Waals surface area contributed by atoms with Crippen molar-refractivity contribution in [2.75, 3.05) is 31.6 Å². The summed E-state index contributed by atoms with van der Waals surface area (Å²) in [5, 5.41) is 17.5. The van der Waals surface area contributed by atoms with Crippen molar-refractivity contribution in [3.63, 3.8) is 0 Å². The lowest BCUT2D eigenvalue weighted by Crippen LogP contribution is -2.42. The second kappa shape index (κ2) is 8.51. The molecule has 2 N–H and O–H groups in total. The average molecular weight is 406 g/mol. The number of likely N-dealkylation sites (tertiary alicyclic amines) is 1. The lowest BCUT2D eigenvalue weighted by atomic mass is 10.0. The molecule has 2 aliphatic rings. The number of benzene rings is 1. The number of carbonyl (C=O) groups is 1. The van der Waals surface area contributed by atoms with E-state index in [0.717, 1.165) is 51.9 Å². The van der Waals surface area contributed by atoms with E-state index in [1.807, 2.05) is 0 Å². The molecule has 0 bridgehead atoms. The largest absolute Gasteiger partial charge is 0.477 e. The van der Waals surface area contributed by atoms with E-state index in [1.165, 1.54) is 0 Å². The van der Waals surface area contributed by atoms with Gasteiger partial charge in [0.05, 0.1) is 6.10 Å². The summed E-state index contributed by atoms with van der Waals surface area (Å²) in [4.78, 5) is 14.3. The van der Waals surface area contributed by atoms with E-state index in [2.05, 4.69) is 15.4 Å². The summed E-state index contributed by atoms with van der Waals surface area (Å²) >= 11 is 5.91. The maximum absolute atomic E-state index is 11.8. The minimum atomic E-state index is -1.07. The number of ether oxygens (including phenoxy) is 1. The van der Waals surface area contributed by atoms with Crippen LogP contribution < -0.4 is 5.32 Å². The number of halogens is 1. The molecule has 0 spiro atoms. The summed E-state index contributed by atoms with van der Waals surface area (Å²) in [7, 11) is 0. The minimum Gasteiger partial charge on any atom is -0.477 e. The molecular formula is C20H24ClN3O4. The smallest absolute Gasteiger partial charge is 0.343 e. The number of hydrogen-bond acceptors (Lipinski definition) is 6. The van der Waals surface area contributed by atoms with Crippen LogP contribution in [-0.2, 0) is 4.74 Å². The molecule has 0 radical (unpaired) electrons. The second-order valence-corrected chi connectivity index (χ2v) is 7.84. The van der Waals surface area contributed by atoms with E-state index in [-0.39, 0.29) is 23.2 Å². The molecule has 4 rings (SSSR count). The Balaban J connectivity index is 1.41. The zero-order valence-corrected chi connectivity index (χ0v) is 16.3. The van der Waals surface area contributed by atoms with Gasteiger partial charge in [-0.25, -0.2) is 4.79 Å². The minimum absolute atomic E-state index is 0.0594. The first-order chi connectivity index (χ1) is 13.6. The SMILES string of the molecule is O=C(O)c1c(NC2CCN(CC3CCCO3)CC2)noc1-c1ccc(Cl)cc1. The van der Waals surface area contributed by atoms with Gasteiger partial charge in [-0.1, -0.05) is 16.8 Å². The highest BCUT2D eigenvalue weighted by Gasteiger charge is 2.28. The Kier molecular flexibility index (Phi) is 5.85. The monoisotopic (exact) mass is 405 g/mol. The number of carboxylic acid groups (broad SMARTS) is 1. The third kappa shape index (κ3) is 4.32. The van der Waals surface area contributed by atoms with Crippen LogP contribution in [0.4, 0.5) is 5.82 Å². The second-order valence-electron chi connectivity index (χ2n) is 7.40. The number of aromatic nitrogens is 1. The first-order valence-electron chi connectivity index (χ1n) is 9.69. The summed E-state index contributed by atoms with van der Waals surface area (Å²) < 4.78 is 11.1. The summed E-state index contributed by atoms with van der Waals surface area (Å²) in [6, 6.07) is 7.01. The zero-order valence-electron chi connectivity index (χ0n) is 15.6. The normalized spacial score (nSPS) is 21.1. The van der Waals surface area contributed by atoms with E-state index >= 15 is 0 Å². The summed E-state index contributed by atoms with van der Waals surface area (Å²) in [5.74, 6) is -0.540. The maximum atomic E-state index is 11.8. The van der Waals surface area contributed by atoms with Gasteiger partial charge in [0, 0.05) is 42.9 Å². The van der Waals surface area contributed by atoms with Crippen molar-refractivity contribution in [3.05, 3.63) is 34.9 Å². The van der Waals surface area contributed by atoms with Crippen LogP contribution in [0.5, 0.6) is 0 Å². The summed E-state index contributed by atoms with van der Waals surface area (Å²) in [5.41, 5.74) is 0.692. The van der Waals surface area contributed by atoms with Gasteiger partial charge >= 0.3 is 5.97 Å². The van der Waals surface area contributed by atoms with Crippen LogP contribution >= 0.6 is 11.6 Å². The van der Waals surface area contributed by atoms with Crippen molar-refractivity contribution in [2.45, 2.75) is 37.8 Å². The molecule has 2 aliphatic heterocycles. The van der Waals surface area contributed by atoms with Gasteiger partial charge in [0.1, 0.15) is 0 Å². The van der Waals surface area contributed by atoms with Gasteiger partial charge in [0.15, 0.2) is 17.1 Å². The van der Waals surface area contributed by atoms with Crippen LogP contribution in [0.3, 0.4) is 0 Å². The molecule has 0 saturated carbocycles. The highest BCUT2D eigenvalue weighted by atomic mass is 35.5. The van der Waals surface area contributed by atoms with Crippen molar-refractivity contribution in [1.29, 1.82) is 0 Å². The van der Waals surface area contributed by atoms with Crippen LogP contribution in [0.2, 0.25) is 5.02 Å². The fourth-order valence-corrected chi connectivity index (χ4v) is 4.04. The third-order valence-electron chi connectivity index (χ3n) is 5.43. The molecule has 1 unspecified atom stereocenters. The van der Waals surface area contributed by atoms with Gasteiger partial charge in [-0.05, 0) is 49.9 Å². The molecule has 2 fully saturated rings. The Morgan fingerprint density at radius 3 is 2.64 bits per heavy atom. The number of aromatic carboxylic acids is 1. The number of anilines is 1. The molecule has 28 heavy (non-hydrogen) atoms. The Hall–Kier alpha value is -2.09. The number of nitrogens with one attached hydrogen (secondary N) is 1. The van der Waals surface area contributed by atoms with Gasteiger partial charge in [-0.3, -0.25) is 0 Å². The standard InChI is InChI=1S/C20H24ClN3O4/c21-14-5-3-13(4-6-14)18-17(20(25)26)19(23-28-18)22-15-7-9-24(10-8-15)12-16-2-1-11-27-16/h3-6,15-16H,1-2,7-12H2,(H,22,23)(H,25,26). The Bertz CT molecular complexity index is 809. The van der Waals surface area contributed by atoms with Gasteiger partial charge in [-0.2, -0.15) is 0 Å². The van der Waals surface area contributed by atoms with Crippen molar-refractivity contribution in [1.82, 2.24) is 10.1 Å². The molecule has 1 atom stereocenters. The number of nitrogens with zero attached hydrogens (tertiary/aromatic N) is 2. The van der Waals surface area contributed by atoms with E-state index in [0.29, 0.717) is 16.7 Å². The van der Waals surface area contributed by atoms with Crippen LogP contribution in [0, 0.1) is 0 Å². The number of hydrogen-bond donors (Lipinski definition) is 2. The molecule has 1 aromatic carbocycles. The molecule has 3 heterocycles. The van der Waals surface area contributed by atoms with E-state index < -0.39 is 5.97 Å². The maximum Gasteiger partial charge on any atom is 0.343 e. The van der Waals surface area contributed by atoms with Crippen molar-refractivity contribution >= 4 is 23.4 Å². The summed E-state index contributed by atoms with van der Waals surface area (Å²) in [6.45, 7) is 3.78. The van der Waals surface area contributed by atoms with E-state index in [4.69, 9.17) is 20.9 Å². The van der Waals surface area contributed by atoms with Crippen LogP contribution in [0.1, 0.15) is 36.0 Å². The Morgan fingerprint density at radius 2 is 2.00 bits per heavy atom. The first-order valence-corrected chi connectivity index (χ1v) is 10.1. The Morgan fingerprint density at radius 1 is 1.25 bits per heavy atom. The van der Waals surface area contributed by atoms with Crippen molar-refractivity contribution < 1.29 is 19.2 Å². The topological polar surface area (TPSA) is 87.8 Å². The predicted octanol–water partition coefficient (Wildman–Crippen LogP) is 3.75. The quantitative estimate of drug-likeness (QED) is 0.756. The molecule has 2 saturated heterocycles. The molecule has 8 heteroatoms. The number of rotatable bonds is 6. The lowest BCUT2D eigenvalue weighted by Gasteiger charge is -2.33. The number of carboxylic acids is 1. The molecule has 150 valence electrons. The highest BCUT2D eigenvalue weighted by molar-refractivity contribution is 6.30. The molecule has 1 aromatic heterocycles. The van der Waals surface area contributed by atoms with Gasteiger partial charge in [0.2, 0.25) is 0 Å². The molecule has 0 aliphatic carbocycles.